The van der Waals surface area contributed by atoms with E-state index in [0.29, 0.717) is 11.8 Å². The summed E-state index contributed by atoms with van der Waals surface area (Å²) in [6, 6.07) is 10.2. The summed E-state index contributed by atoms with van der Waals surface area (Å²) in [7, 11) is 2.13. The summed E-state index contributed by atoms with van der Waals surface area (Å²) in [5.41, 5.74) is 0.865. The Kier molecular flexibility index (Phi) is 6.06. The fourth-order valence-corrected chi connectivity index (χ4v) is 2.37. The lowest BCUT2D eigenvalue weighted by Crippen LogP contribution is -2.40. The lowest BCUT2D eigenvalue weighted by atomic mass is 9.86. The standard InChI is InChI=1S/C14H19NO.C2H6/c1-11-10-13(8-9-15(11)2)14(16)12-6-4-3-5-7-12;1-2/h3-7,11,13H,8-10H2,1-2H3;1-2H3. The van der Waals surface area contributed by atoms with Gasteiger partial charge in [-0.05, 0) is 33.4 Å². The molecule has 2 atom stereocenters. The Hall–Kier alpha value is -1.15. The third-order valence-electron chi connectivity index (χ3n) is 3.64. The number of hydrogen-bond acceptors (Lipinski definition) is 2. The third-order valence-corrected chi connectivity index (χ3v) is 3.64. The SMILES string of the molecule is CC.CC1CC(C(=O)c2ccccc2)CCN1C. The number of nitrogens with zero attached hydrogens (tertiary/aromatic N) is 1. The lowest BCUT2D eigenvalue weighted by molar-refractivity contribution is 0.0800. The Balaban J connectivity index is 0.000000771. The Morgan fingerprint density at radius 3 is 2.39 bits per heavy atom. The van der Waals surface area contributed by atoms with Gasteiger partial charge in [-0.2, -0.15) is 0 Å². The van der Waals surface area contributed by atoms with Crippen LogP contribution in [0.4, 0.5) is 0 Å². The minimum absolute atomic E-state index is 0.216. The molecule has 1 saturated heterocycles. The van der Waals surface area contributed by atoms with Gasteiger partial charge >= 0.3 is 0 Å². The number of Topliss-reactive ketones (excluding diaryl/α,β-unsaturated/α-hetero) is 1. The highest BCUT2D eigenvalue weighted by Crippen LogP contribution is 2.24. The van der Waals surface area contributed by atoms with E-state index in [0.717, 1.165) is 24.9 Å². The smallest absolute Gasteiger partial charge is 0.166 e. The topological polar surface area (TPSA) is 20.3 Å². The highest BCUT2D eigenvalue weighted by Gasteiger charge is 2.28. The molecule has 1 aliphatic heterocycles. The highest BCUT2D eigenvalue weighted by molar-refractivity contribution is 5.97. The molecule has 0 aromatic heterocycles. The fraction of sp³-hybridized carbons (Fsp3) is 0.562. The first-order valence-corrected chi connectivity index (χ1v) is 6.98. The van der Waals surface area contributed by atoms with Crippen molar-refractivity contribution in [2.24, 2.45) is 5.92 Å². The zero-order chi connectivity index (χ0) is 13.5. The van der Waals surface area contributed by atoms with Gasteiger partial charge in [0, 0.05) is 17.5 Å². The molecular formula is C16H25NO. The summed E-state index contributed by atoms with van der Waals surface area (Å²) in [5, 5.41) is 0. The van der Waals surface area contributed by atoms with Crippen LogP contribution in [0.2, 0.25) is 0 Å². The van der Waals surface area contributed by atoms with Gasteiger partial charge in [-0.3, -0.25) is 4.79 Å². The predicted molar refractivity (Wildman–Crippen MR) is 76.9 cm³/mol. The van der Waals surface area contributed by atoms with Crippen molar-refractivity contribution in [3.05, 3.63) is 35.9 Å². The number of carbonyl (C=O) groups is 1. The number of carbonyl (C=O) groups excluding carboxylic acids is 1. The van der Waals surface area contributed by atoms with Gasteiger partial charge in [0.25, 0.3) is 0 Å². The number of ketones is 1. The molecule has 100 valence electrons. The molecule has 0 saturated carbocycles. The van der Waals surface area contributed by atoms with E-state index in [4.69, 9.17) is 0 Å². The van der Waals surface area contributed by atoms with Gasteiger partial charge in [0.1, 0.15) is 0 Å². The van der Waals surface area contributed by atoms with Crippen LogP contribution in [0.25, 0.3) is 0 Å². The Labute approximate surface area is 111 Å². The molecule has 0 N–H and O–H groups in total. The molecule has 0 radical (unpaired) electrons. The molecule has 1 aromatic rings. The maximum atomic E-state index is 12.2. The fourth-order valence-electron chi connectivity index (χ4n) is 2.37. The number of hydrogen-bond donors (Lipinski definition) is 0. The first-order chi connectivity index (χ1) is 8.68. The van der Waals surface area contributed by atoms with E-state index in [2.05, 4.69) is 18.9 Å². The first-order valence-electron chi connectivity index (χ1n) is 6.98. The lowest BCUT2D eigenvalue weighted by Gasteiger charge is -2.34. The van der Waals surface area contributed by atoms with Gasteiger partial charge in [-0.25, -0.2) is 0 Å². The number of benzene rings is 1. The maximum absolute atomic E-state index is 12.2. The van der Waals surface area contributed by atoms with Crippen LogP contribution in [0.5, 0.6) is 0 Å². The van der Waals surface area contributed by atoms with E-state index < -0.39 is 0 Å². The van der Waals surface area contributed by atoms with E-state index in [1.807, 2.05) is 44.2 Å². The van der Waals surface area contributed by atoms with Crippen molar-refractivity contribution in [1.29, 1.82) is 0 Å². The van der Waals surface area contributed by atoms with Crippen LogP contribution < -0.4 is 0 Å². The molecule has 1 fully saturated rings. The van der Waals surface area contributed by atoms with Crippen LogP contribution in [0.3, 0.4) is 0 Å². The third kappa shape index (κ3) is 3.67. The molecule has 2 rings (SSSR count). The zero-order valence-electron chi connectivity index (χ0n) is 12.0. The minimum Gasteiger partial charge on any atom is -0.304 e. The van der Waals surface area contributed by atoms with E-state index in [9.17, 15) is 4.79 Å². The second-order valence-electron chi connectivity index (χ2n) is 4.78. The number of likely N-dealkylation sites (tertiary alicyclic amines) is 1. The van der Waals surface area contributed by atoms with Gasteiger partial charge in [0.15, 0.2) is 5.78 Å². The molecule has 2 unspecified atom stereocenters. The summed E-state index contributed by atoms with van der Waals surface area (Å²) in [5.74, 6) is 0.536. The Bertz CT molecular complexity index is 361. The van der Waals surface area contributed by atoms with Crippen molar-refractivity contribution >= 4 is 5.78 Å². The summed E-state index contributed by atoms with van der Waals surface area (Å²) < 4.78 is 0. The van der Waals surface area contributed by atoms with Crippen molar-refractivity contribution in [2.75, 3.05) is 13.6 Å². The van der Waals surface area contributed by atoms with E-state index >= 15 is 0 Å². The maximum Gasteiger partial charge on any atom is 0.166 e. The van der Waals surface area contributed by atoms with E-state index in [-0.39, 0.29) is 5.92 Å². The highest BCUT2D eigenvalue weighted by atomic mass is 16.1. The van der Waals surface area contributed by atoms with Crippen LogP contribution in [0.15, 0.2) is 30.3 Å². The summed E-state index contributed by atoms with van der Waals surface area (Å²) >= 11 is 0. The molecule has 2 heteroatoms. The molecule has 2 nitrogen and oxygen atoms in total. The van der Waals surface area contributed by atoms with Crippen molar-refractivity contribution < 1.29 is 4.79 Å². The number of piperidine rings is 1. The molecule has 1 heterocycles. The van der Waals surface area contributed by atoms with E-state index in [1.54, 1.807) is 0 Å². The van der Waals surface area contributed by atoms with Crippen molar-refractivity contribution in [3.8, 4) is 0 Å². The second kappa shape index (κ2) is 7.32. The van der Waals surface area contributed by atoms with Crippen LogP contribution in [-0.2, 0) is 0 Å². The molecular weight excluding hydrogens is 222 g/mol. The van der Waals surface area contributed by atoms with Crippen molar-refractivity contribution in [3.63, 3.8) is 0 Å². The van der Waals surface area contributed by atoms with Gasteiger partial charge in [0.05, 0.1) is 0 Å². The van der Waals surface area contributed by atoms with Crippen LogP contribution in [0, 0.1) is 5.92 Å². The zero-order valence-corrected chi connectivity index (χ0v) is 12.0. The van der Waals surface area contributed by atoms with Gasteiger partial charge in [-0.1, -0.05) is 44.2 Å². The first kappa shape index (κ1) is 14.9. The normalized spacial score (nSPS) is 24.0. The monoisotopic (exact) mass is 247 g/mol. The average Bonchev–Trinajstić information content (AvgIpc) is 2.44. The van der Waals surface area contributed by atoms with Gasteiger partial charge < -0.3 is 4.90 Å². The quantitative estimate of drug-likeness (QED) is 0.744. The molecule has 0 spiro atoms. The average molecular weight is 247 g/mol. The van der Waals surface area contributed by atoms with Crippen molar-refractivity contribution in [2.45, 2.75) is 39.7 Å². The molecule has 18 heavy (non-hydrogen) atoms. The molecule has 0 aliphatic carbocycles. The second-order valence-corrected chi connectivity index (χ2v) is 4.78. The van der Waals surface area contributed by atoms with Crippen LogP contribution in [-0.4, -0.2) is 30.3 Å². The molecule has 0 amide bonds. The van der Waals surface area contributed by atoms with Crippen LogP contribution >= 0.6 is 0 Å². The Morgan fingerprint density at radius 1 is 1.22 bits per heavy atom. The summed E-state index contributed by atoms with van der Waals surface area (Å²) in [4.78, 5) is 14.6. The predicted octanol–water partition coefficient (Wildman–Crippen LogP) is 3.63. The largest absolute Gasteiger partial charge is 0.304 e. The van der Waals surface area contributed by atoms with E-state index in [1.165, 1.54) is 0 Å². The van der Waals surface area contributed by atoms with Gasteiger partial charge in [0.2, 0.25) is 0 Å². The molecule has 1 aromatic carbocycles. The number of rotatable bonds is 2. The molecule has 1 aliphatic rings. The minimum atomic E-state index is 0.216. The van der Waals surface area contributed by atoms with Crippen molar-refractivity contribution in [1.82, 2.24) is 4.90 Å². The summed E-state index contributed by atoms with van der Waals surface area (Å²) in [6.45, 7) is 7.23. The van der Waals surface area contributed by atoms with Gasteiger partial charge in [-0.15, -0.1) is 0 Å². The molecule has 0 bridgehead atoms. The Morgan fingerprint density at radius 2 is 1.83 bits per heavy atom. The van der Waals surface area contributed by atoms with Crippen LogP contribution in [0.1, 0.15) is 44.0 Å². The summed E-state index contributed by atoms with van der Waals surface area (Å²) in [6.07, 6.45) is 1.98.